The van der Waals surface area contributed by atoms with Crippen molar-refractivity contribution < 1.29 is 14.4 Å². The Kier molecular flexibility index (Phi) is 6.81. The number of amides is 3. The van der Waals surface area contributed by atoms with E-state index < -0.39 is 6.04 Å². The molecule has 2 aromatic rings. The van der Waals surface area contributed by atoms with Crippen LogP contribution < -0.4 is 10.6 Å². The van der Waals surface area contributed by atoms with Crippen LogP contribution in [0.15, 0.2) is 41.8 Å². The number of carbonyl (C=O) groups excluding carboxylic acids is 3. The van der Waals surface area contributed by atoms with Crippen LogP contribution in [0.3, 0.4) is 0 Å². The summed E-state index contributed by atoms with van der Waals surface area (Å²) in [6, 6.07) is 10.00. The van der Waals surface area contributed by atoms with Gasteiger partial charge in [0.05, 0.1) is 4.88 Å². The highest BCUT2D eigenvalue weighted by atomic mass is 32.1. The molecule has 1 aromatic heterocycles. The SMILES string of the molecule is CCCCNC(=O)[C@@H]1CCCN1C(=O)c1ccc(NC(=O)c2cccs2)cc1. The molecule has 1 aromatic carbocycles. The van der Waals surface area contributed by atoms with Gasteiger partial charge in [0.1, 0.15) is 6.04 Å². The summed E-state index contributed by atoms with van der Waals surface area (Å²) in [5.41, 5.74) is 1.15. The van der Waals surface area contributed by atoms with Crippen molar-refractivity contribution in [2.75, 3.05) is 18.4 Å². The predicted octanol–water partition coefficient (Wildman–Crippen LogP) is 3.52. The number of likely N-dealkylation sites (tertiary alicyclic amines) is 1. The molecule has 1 aliphatic rings. The zero-order valence-electron chi connectivity index (χ0n) is 15.9. The summed E-state index contributed by atoms with van der Waals surface area (Å²) in [4.78, 5) is 39.7. The van der Waals surface area contributed by atoms with Crippen molar-refractivity contribution in [1.82, 2.24) is 10.2 Å². The molecule has 28 heavy (non-hydrogen) atoms. The lowest BCUT2D eigenvalue weighted by molar-refractivity contribution is -0.124. The first kappa shape index (κ1) is 20.1. The number of carbonyl (C=O) groups is 3. The van der Waals surface area contributed by atoms with Crippen molar-refractivity contribution in [2.24, 2.45) is 0 Å². The van der Waals surface area contributed by atoms with E-state index in [1.54, 1.807) is 35.2 Å². The zero-order chi connectivity index (χ0) is 19.9. The first-order valence-corrected chi connectivity index (χ1v) is 10.5. The fourth-order valence-corrected chi connectivity index (χ4v) is 3.87. The largest absolute Gasteiger partial charge is 0.354 e. The number of thiophene rings is 1. The average molecular weight is 400 g/mol. The van der Waals surface area contributed by atoms with Gasteiger partial charge in [-0.15, -0.1) is 11.3 Å². The van der Waals surface area contributed by atoms with Crippen LogP contribution in [-0.4, -0.2) is 41.8 Å². The van der Waals surface area contributed by atoms with Gasteiger partial charge in [0.25, 0.3) is 11.8 Å². The molecule has 1 fully saturated rings. The molecule has 1 atom stereocenters. The number of rotatable bonds is 7. The van der Waals surface area contributed by atoms with E-state index in [9.17, 15) is 14.4 Å². The number of hydrogen-bond acceptors (Lipinski definition) is 4. The third kappa shape index (κ3) is 4.78. The molecule has 7 heteroatoms. The number of nitrogens with one attached hydrogen (secondary N) is 2. The summed E-state index contributed by atoms with van der Waals surface area (Å²) in [6.45, 7) is 3.30. The molecule has 0 aliphatic carbocycles. The molecule has 0 unspecified atom stereocenters. The van der Waals surface area contributed by atoms with Crippen LogP contribution in [0.4, 0.5) is 5.69 Å². The molecule has 0 bridgehead atoms. The Morgan fingerprint density at radius 3 is 2.64 bits per heavy atom. The summed E-state index contributed by atoms with van der Waals surface area (Å²) in [6.07, 6.45) is 3.47. The van der Waals surface area contributed by atoms with E-state index in [0.717, 1.165) is 19.3 Å². The first-order valence-electron chi connectivity index (χ1n) is 9.63. The van der Waals surface area contributed by atoms with Crippen LogP contribution in [0.2, 0.25) is 0 Å². The number of unbranched alkanes of at least 4 members (excludes halogenated alkanes) is 1. The van der Waals surface area contributed by atoms with Gasteiger partial charge < -0.3 is 15.5 Å². The minimum atomic E-state index is -0.400. The smallest absolute Gasteiger partial charge is 0.265 e. The van der Waals surface area contributed by atoms with Crippen molar-refractivity contribution in [3.05, 3.63) is 52.2 Å². The molecule has 0 saturated carbocycles. The lowest BCUT2D eigenvalue weighted by Crippen LogP contribution is -2.46. The van der Waals surface area contributed by atoms with Gasteiger partial charge >= 0.3 is 0 Å². The highest BCUT2D eigenvalue weighted by molar-refractivity contribution is 7.12. The maximum atomic E-state index is 12.9. The van der Waals surface area contributed by atoms with Gasteiger partial charge in [-0.05, 0) is 55.0 Å². The normalized spacial score (nSPS) is 16.0. The molecule has 148 valence electrons. The molecule has 1 aliphatic heterocycles. The monoisotopic (exact) mass is 399 g/mol. The van der Waals surface area contributed by atoms with Crippen molar-refractivity contribution >= 4 is 34.7 Å². The Labute approximate surface area is 168 Å². The Morgan fingerprint density at radius 1 is 1.18 bits per heavy atom. The van der Waals surface area contributed by atoms with E-state index in [-0.39, 0.29) is 17.7 Å². The van der Waals surface area contributed by atoms with E-state index in [1.165, 1.54) is 11.3 Å². The van der Waals surface area contributed by atoms with E-state index in [2.05, 4.69) is 17.6 Å². The van der Waals surface area contributed by atoms with Crippen LogP contribution in [0.25, 0.3) is 0 Å². The molecule has 2 heterocycles. The standard InChI is InChI=1S/C21H25N3O3S/c1-2-3-12-22-19(25)17-6-4-13-24(17)21(27)15-8-10-16(11-9-15)23-20(26)18-7-5-14-28-18/h5,7-11,14,17H,2-4,6,12-13H2,1H3,(H,22,25)(H,23,26)/t17-/m0/s1. The molecule has 6 nitrogen and oxygen atoms in total. The Balaban J connectivity index is 1.62. The number of hydrogen-bond donors (Lipinski definition) is 2. The number of nitrogens with zero attached hydrogens (tertiary/aromatic N) is 1. The summed E-state index contributed by atoms with van der Waals surface area (Å²) < 4.78 is 0. The van der Waals surface area contributed by atoms with Crippen LogP contribution in [0.1, 0.15) is 52.6 Å². The molecule has 2 N–H and O–H groups in total. The molecule has 1 saturated heterocycles. The fourth-order valence-electron chi connectivity index (χ4n) is 3.25. The Morgan fingerprint density at radius 2 is 1.96 bits per heavy atom. The number of anilines is 1. The van der Waals surface area contributed by atoms with Crippen LogP contribution in [-0.2, 0) is 4.79 Å². The van der Waals surface area contributed by atoms with Crippen molar-refractivity contribution in [3.8, 4) is 0 Å². The molecule has 0 radical (unpaired) electrons. The quantitative estimate of drug-likeness (QED) is 0.699. The van der Waals surface area contributed by atoms with E-state index >= 15 is 0 Å². The van der Waals surface area contributed by atoms with Crippen LogP contribution in [0.5, 0.6) is 0 Å². The first-order chi connectivity index (χ1) is 13.6. The van der Waals surface area contributed by atoms with Crippen molar-refractivity contribution in [3.63, 3.8) is 0 Å². The van der Waals surface area contributed by atoms with Gasteiger partial charge in [-0.3, -0.25) is 14.4 Å². The lowest BCUT2D eigenvalue weighted by atomic mass is 10.1. The maximum Gasteiger partial charge on any atom is 0.265 e. The number of benzene rings is 1. The van der Waals surface area contributed by atoms with Crippen molar-refractivity contribution in [1.29, 1.82) is 0 Å². The summed E-state index contributed by atoms with van der Waals surface area (Å²) in [5.74, 6) is -0.388. The lowest BCUT2D eigenvalue weighted by Gasteiger charge is -2.24. The Hall–Kier alpha value is -2.67. The maximum absolute atomic E-state index is 12.9. The van der Waals surface area contributed by atoms with Gasteiger partial charge in [0.2, 0.25) is 5.91 Å². The van der Waals surface area contributed by atoms with Gasteiger partial charge in [0, 0.05) is 24.3 Å². The van der Waals surface area contributed by atoms with Crippen molar-refractivity contribution in [2.45, 2.75) is 38.6 Å². The minimum absolute atomic E-state index is 0.0702. The molecule has 3 rings (SSSR count). The average Bonchev–Trinajstić information content (AvgIpc) is 3.40. The topological polar surface area (TPSA) is 78.5 Å². The van der Waals surface area contributed by atoms with E-state index in [1.807, 2.05) is 11.4 Å². The summed E-state index contributed by atoms with van der Waals surface area (Å²) in [7, 11) is 0. The van der Waals surface area contributed by atoms with Gasteiger partial charge in [0.15, 0.2) is 0 Å². The fraction of sp³-hybridized carbons (Fsp3) is 0.381. The second kappa shape index (κ2) is 9.50. The predicted molar refractivity (Wildman–Crippen MR) is 111 cm³/mol. The van der Waals surface area contributed by atoms with E-state index in [0.29, 0.717) is 35.6 Å². The van der Waals surface area contributed by atoms with Gasteiger partial charge in [-0.1, -0.05) is 19.4 Å². The summed E-state index contributed by atoms with van der Waals surface area (Å²) in [5, 5.41) is 7.59. The molecular formula is C21H25N3O3S. The molecule has 0 spiro atoms. The van der Waals surface area contributed by atoms with Crippen LogP contribution >= 0.6 is 11.3 Å². The minimum Gasteiger partial charge on any atom is -0.354 e. The third-order valence-electron chi connectivity index (χ3n) is 4.78. The highest BCUT2D eigenvalue weighted by Gasteiger charge is 2.34. The molecule has 3 amide bonds. The molecular weight excluding hydrogens is 374 g/mol. The van der Waals surface area contributed by atoms with Crippen LogP contribution in [0, 0.1) is 0 Å². The third-order valence-corrected chi connectivity index (χ3v) is 5.65. The Bertz CT molecular complexity index is 818. The van der Waals surface area contributed by atoms with Gasteiger partial charge in [-0.2, -0.15) is 0 Å². The highest BCUT2D eigenvalue weighted by Crippen LogP contribution is 2.22. The van der Waals surface area contributed by atoms with Gasteiger partial charge in [-0.25, -0.2) is 0 Å². The van der Waals surface area contributed by atoms with E-state index in [4.69, 9.17) is 0 Å². The second-order valence-corrected chi connectivity index (χ2v) is 7.76. The zero-order valence-corrected chi connectivity index (χ0v) is 16.8. The second-order valence-electron chi connectivity index (χ2n) is 6.81. The summed E-state index contributed by atoms with van der Waals surface area (Å²) >= 11 is 1.37.